The topological polar surface area (TPSA) is 118 Å². The molecule has 1 aromatic heterocycles. The molecule has 1 unspecified atom stereocenters. The molecular weight excluding hydrogens is 442 g/mol. The van der Waals surface area contributed by atoms with Crippen molar-refractivity contribution in [3.63, 3.8) is 0 Å². The van der Waals surface area contributed by atoms with E-state index in [1.54, 1.807) is 13.8 Å². The molecule has 8 nitrogen and oxygen atoms in total. The summed E-state index contributed by atoms with van der Waals surface area (Å²) in [6, 6.07) is 15.1. The van der Waals surface area contributed by atoms with Gasteiger partial charge in [0.1, 0.15) is 17.5 Å². The van der Waals surface area contributed by atoms with Crippen molar-refractivity contribution in [1.29, 1.82) is 0 Å². The first-order valence-corrected chi connectivity index (χ1v) is 11.3. The molecule has 0 fully saturated rings. The second-order valence-electron chi connectivity index (χ2n) is 7.66. The number of carbonyl (C=O) groups is 3. The summed E-state index contributed by atoms with van der Waals surface area (Å²) in [5.41, 5.74) is 4.89. The van der Waals surface area contributed by atoms with Crippen molar-refractivity contribution in [3.05, 3.63) is 70.2 Å². The number of hydrogen-bond donors (Lipinski definition) is 3. The number of rotatable bonds is 7. The third-order valence-corrected chi connectivity index (χ3v) is 6.64. The fourth-order valence-corrected chi connectivity index (χ4v) is 4.80. The SMILES string of the molecule is CCC(NC(=O)c1sc(NC(=O)OCC2c3ccccc3-c3ccccc32)nc1C)C(=O)O. The predicted molar refractivity (Wildman–Crippen MR) is 125 cm³/mol. The quantitative estimate of drug-likeness (QED) is 0.476. The van der Waals surface area contributed by atoms with Crippen molar-refractivity contribution in [3.8, 4) is 11.1 Å². The van der Waals surface area contributed by atoms with Crippen molar-refractivity contribution in [2.24, 2.45) is 0 Å². The van der Waals surface area contributed by atoms with Gasteiger partial charge < -0.3 is 15.2 Å². The molecule has 170 valence electrons. The van der Waals surface area contributed by atoms with E-state index in [9.17, 15) is 14.4 Å². The first-order valence-electron chi connectivity index (χ1n) is 10.5. The zero-order chi connectivity index (χ0) is 23.5. The predicted octanol–water partition coefficient (Wildman–Crippen LogP) is 4.41. The highest BCUT2D eigenvalue weighted by molar-refractivity contribution is 7.17. The van der Waals surface area contributed by atoms with Crippen molar-refractivity contribution in [1.82, 2.24) is 10.3 Å². The van der Waals surface area contributed by atoms with Crippen molar-refractivity contribution < 1.29 is 24.2 Å². The number of amides is 2. The number of nitrogens with zero attached hydrogens (tertiary/aromatic N) is 1. The second-order valence-corrected chi connectivity index (χ2v) is 8.66. The molecule has 4 rings (SSSR count). The van der Waals surface area contributed by atoms with Gasteiger partial charge in [-0.05, 0) is 35.6 Å². The van der Waals surface area contributed by atoms with Crippen LogP contribution in [0.1, 0.15) is 45.8 Å². The highest BCUT2D eigenvalue weighted by Crippen LogP contribution is 2.44. The molecule has 0 saturated heterocycles. The molecule has 3 aromatic rings. The maximum Gasteiger partial charge on any atom is 0.413 e. The van der Waals surface area contributed by atoms with E-state index >= 15 is 0 Å². The Hall–Kier alpha value is -3.72. The molecule has 0 radical (unpaired) electrons. The van der Waals surface area contributed by atoms with E-state index in [-0.39, 0.29) is 29.0 Å². The molecule has 2 aromatic carbocycles. The van der Waals surface area contributed by atoms with Gasteiger partial charge in [-0.3, -0.25) is 10.1 Å². The number of benzene rings is 2. The number of aliphatic carboxylic acids is 1. The maximum absolute atomic E-state index is 12.5. The lowest BCUT2D eigenvalue weighted by molar-refractivity contribution is -0.139. The van der Waals surface area contributed by atoms with Crippen LogP contribution >= 0.6 is 11.3 Å². The van der Waals surface area contributed by atoms with Gasteiger partial charge >= 0.3 is 12.1 Å². The fraction of sp³-hybridized carbons (Fsp3) is 0.250. The Labute approximate surface area is 194 Å². The van der Waals surface area contributed by atoms with Gasteiger partial charge in [0.15, 0.2) is 5.13 Å². The van der Waals surface area contributed by atoms with Crippen molar-refractivity contribution in [2.75, 3.05) is 11.9 Å². The van der Waals surface area contributed by atoms with Gasteiger partial charge in [0.05, 0.1) is 5.69 Å². The number of aryl methyl sites for hydroxylation is 1. The Morgan fingerprint density at radius 1 is 1.09 bits per heavy atom. The van der Waals surface area contributed by atoms with Gasteiger partial charge in [0.2, 0.25) is 0 Å². The van der Waals surface area contributed by atoms with Crippen LogP contribution in [0.3, 0.4) is 0 Å². The number of carboxylic acid groups (broad SMARTS) is 1. The molecule has 33 heavy (non-hydrogen) atoms. The van der Waals surface area contributed by atoms with Crippen LogP contribution in [0.2, 0.25) is 0 Å². The Kier molecular flexibility index (Phi) is 6.41. The van der Waals surface area contributed by atoms with Gasteiger partial charge in [-0.1, -0.05) is 66.8 Å². The maximum atomic E-state index is 12.5. The van der Waals surface area contributed by atoms with Crippen LogP contribution in [0.15, 0.2) is 48.5 Å². The number of nitrogens with one attached hydrogen (secondary N) is 2. The van der Waals surface area contributed by atoms with Gasteiger partial charge in [0.25, 0.3) is 5.91 Å². The van der Waals surface area contributed by atoms with E-state index in [0.29, 0.717) is 5.69 Å². The summed E-state index contributed by atoms with van der Waals surface area (Å²) in [4.78, 5) is 40.5. The fourth-order valence-electron chi connectivity index (χ4n) is 3.94. The van der Waals surface area contributed by atoms with Crippen LogP contribution in [-0.4, -0.2) is 40.7 Å². The van der Waals surface area contributed by atoms with Gasteiger partial charge in [-0.25, -0.2) is 14.6 Å². The van der Waals surface area contributed by atoms with E-state index in [4.69, 9.17) is 9.84 Å². The average molecular weight is 466 g/mol. The summed E-state index contributed by atoms with van der Waals surface area (Å²) in [6.45, 7) is 3.45. The van der Waals surface area contributed by atoms with Crippen molar-refractivity contribution in [2.45, 2.75) is 32.2 Å². The molecule has 1 heterocycles. The Bertz CT molecular complexity index is 1180. The van der Waals surface area contributed by atoms with Crippen LogP contribution in [-0.2, 0) is 9.53 Å². The molecule has 1 aliphatic carbocycles. The molecule has 1 atom stereocenters. The monoisotopic (exact) mass is 465 g/mol. The summed E-state index contributed by atoms with van der Waals surface area (Å²) < 4.78 is 5.50. The van der Waals surface area contributed by atoms with Crippen LogP contribution in [0.4, 0.5) is 9.93 Å². The van der Waals surface area contributed by atoms with E-state index < -0.39 is 24.0 Å². The number of fused-ring (bicyclic) bond motifs is 3. The molecule has 0 spiro atoms. The summed E-state index contributed by atoms with van der Waals surface area (Å²) in [7, 11) is 0. The number of thiazole rings is 1. The van der Waals surface area contributed by atoms with E-state index in [0.717, 1.165) is 33.6 Å². The number of anilines is 1. The normalized spacial score (nSPS) is 13.0. The minimum atomic E-state index is -1.11. The highest BCUT2D eigenvalue weighted by atomic mass is 32.1. The zero-order valence-corrected chi connectivity index (χ0v) is 18.9. The van der Waals surface area contributed by atoms with E-state index in [1.807, 2.05) is 36.4 Å². The van der Waals surface area contributed by atoms with E-state index in [2.05, 4.69) is 27.8 Å². The Morgan fingerprint density at radius 2 is 1.70 bits per heavy atom. The molecule has 3 N–H and O–H groups in total. The number of carboxylic acids is 1. The smallest absolute Gasteiger partial charge is 0.413 e. The lowest BCUT2D eigenvalue weighted by Crippen LogP contribution is -2.40. The standard InChI is InChI=1S/C24H23N3O5S/c1-3-19(22(29)30)26-21(28)20-13(2)25-23(33-20)27-24(31)32-12-18-16-10-6-4-8-14(16)15-9-5-7-11-17(15)18/h4-11,18-19H,3,12H2,1-2H3,(H,26,28)(H,29,30)(H,25,27,31). The molecule has 0 bridgehead atoms. The third kappa shape index (κ3) is 4.58. The number of ether oxygens (including phenoxy) is 1. The lowest BCUT2D eigenvalue weighted by Gasteiger charge is -2.14. The Morgan fingerprint density at radius 3 is 2.27 bits per heavy atom. The van der Waals surface area contributed by atoms with Gasteiger partial charge in [-0.2, -0.15) is 0 Å². The molecule has 0 saturated carbocycles. The van der Waals surface area contributed by atoms with Crippen LogP contribution in [0, 0.1) is 6.92 Å². The first kappa shape index (κ1) is 22.5. The largest absolute Gasteiger partial charge is 0.480 e. The highest BCUT2D eigenvalue weighted by Gasteiger charge is 2.29. The first-order chi connectivity index (χ1) is 15.9. The van der Waals surface area contributed by atoms with Gasteiger partial charge in [-0.15, -0.1) is 0 Å². The zero-order valence-electron chi connectivity index (χ0n) is 18.1. The summed E-state index contributed by atoms with van der Waals surface area (Å²) in [6.07, 6.45) is -0.418. The average Bonchev–Trinajstić information content (AvgIpc) is 3.33. The molecule has 0 aliphatic heterocycles. The van der Waals surface area contributed by atoms with Crippen LogP contribution < -0.4 is 10.6 Å². The van der Waals surface area contributed by atoms with Crippen LogP contribution in [0.5, 0.6) is 0 Å². The second kappa shape index (κ2) is 9.41. The molecular formula is C24H23N3O5S. The summed E-state index contributed by atoms with van der Waals surface area (Å²) in [5, 5.41) is 14.4. The third-order valence-electron chi connectivity index (χ3n) is 5.57. The molecule has 2 amide bonds. The number of aromatic nitrogens is 1. The lowest BCUT2D eigenvalue weighted by atomic mass is 9.98. The number of carbonyl (C=O) groups excluding carboxylic acids is 2. The number of hydrogen-bond acceptors (Lipinski definition) is 6. The summed E-state index contributed by atoms with van der Waals surface area (Å²) >= 11 is 0.967. The summed E-state index contributed by atoms with van der Waals surface area (Å²) in [5.74, 6) is -1.71. The van der Waals surface area contributed by atoms with Gasteiger partial charge in [0, 0.05) is 5.92 Å². The minimum Gasteiger partial charge on any atom is -0.480 e. The van der Waals surface area contributed by atoms with Crippen LogP contribution in [0.25, 0.3) is 11.1 Å². The Balaban J connectivity index is 1.41. The molecule has 9 heteroatoms. The van der Waals surface area contributed by atoms with Crippen molar-refractivity contribution >= 4 is 34.4 Å². The molecule has 1 aliphatic rings. The van der Waals surface area contributed by atoms with E-state index in [1.165, 1.54) is 0 Å². The minimum absolute atomic E-state index is 0.0653.